The largest absolute Gasteiger partial charge is 0.294 e. The van der Waals surface area contributed by atoms with Gasteiger partial charge in [-0.15, -0.1) is 5.73 Å². The Morgan fingerprint density at radius 2 is 2.29 bits per heavy atom. The maximum atomic E-state index is 11.7. The summed E-state index contributed by atoms with van der Waals surface area (Å²) in [4.78, 5) is 11.7. The highest BCUT2D eigenvalue weighted by Gasteiger charge is 2.25. The van der Waals surface area contributed by atoms with Crippen LogP contribution in [0.5, 0.6) is 0 Å². The minimum Gasteiger partial charge on any atom is -0.294 e. The molecule has 1 nitrogen and oxygen atoms in total. The predicted molar refractivity (Wildman–Crippen MR) is 57.3 cm³/mol. The second kappa shape index (κ2) is 3.28. The molecule has 0 bridgehead atoms. The Morgan fingerprint density at radius 1 is 1.50 bits per heavy atom. The molecule has 1 aromatic rings. The van der Waals surface area contributed by atoms with Crippen LogP contribution in [-0.2, 0) is 6.42 Å². The van der Waals surface area contributed by atoms with Gasteiger partial charge < -0.3 is 0 Å². The summed E-state index contributed by atoms with van der Waals surface area (Å²) in [7, 11) is 0. The van der Waals surface area contributed by atoms with Crippen LogP contribution < -0.4 is 0 Å². The molecular formula is C13H12O. The fourth-order valence-electron chi connectivity index (χ4n) is 1.98. The van der Waals surface area contributed by atoms with Gasteiger partial charge in [-0.2, -0.15) is 0 Å². The molecule has 0 aromatic heterocycles. The van der Waals surface area contributed by atoms with E-state index in [1.54, 1.807) is 0 Å². The van der Waals surface area contributed by atoms with Crippen LogP contribution in [-0.4, -0.2) is 5.78 Å². The van der Waals surface area contributed by atoms with E-state index in [0.717, 1.165) is 28.7 Å². The van der Waals surface area contributed by atoms with Crippen LogP contribution in [0.1, 0.15) is 34.8 Å². The van der Waals surface area contributed by atoms with Crippen molar-refractivity contribution in [3.8, 4) is 0 Å². The predicted octanol–water partition coefficient (Wildman–Crippen LogP) is 3.00. The fourth-order valence-corrected chi connectivity index (χ4v) is 1.98. The molecule has 0 N–H and O–H groups in total. The number of hydrogen-bond donors (Lipinski definition) is 0. The standard InChI is InChI=1S/C13H12O/c1-3-9-6-5-7-11-10(4-2)8-12(14)13(9)11/h5-7H,2-3,8H2,1H3. The minimum atomic E-state index is 0.212. The van der Waals surface area contributed by atoms with E-state index in [-0.39, 0.29) is 5.78 Å². The smallest absolute Gasteiger partial charge is 0.168 e. The highest BCUT2D eigenvalue weighted by atomic mass is 16.1. The Morgan fingerprint density at radius 3 is 2.93 bits per heavy atom. The fraction of sp³-hybridized carbons (Fsp3) is 0.231. The van der Waals surface area contributed by atoms with Gasteiger partial charge in [0.15, 0.2) is 5.78 Å². The molecule has 0 amide bonds. The summed E-state index contributed by atoms with van der Waals surface area (Å²) in [5, 5.41) is 0. The number of rotatable bonds is 1. The third-order valence-electron chi connectivity index (χ3n) is 2.69. The zero-order valence-electron chi connectivity index (χ0n) is 8.26. The molecule has 0 fully saturated rings. The molecule has 14 heavy (non-hydrogen) atoms. The second-order valence-electron chi connectivity index (χ2n) is 3.45. The van der Waals surface area contributed by atoms with Crippen molar-refractivity contribution in [2.75, 3.05) is 0 Å². The number of allylic oxidation sites excluding steroid dienone is 1. The number of benzene rings is 1. The van der Waals surface area contributed by atoms with E-state index in [9.17, 15) is 4.79 Å². The van der Waals surface area contributed by atoms with Gasteiger partial charge in [0, 0.05) is 17.6 Å². The zero-order chi connectivity index (χ0) is 10.1. The van der Waals surface area contributed by atoms with Gasteiger partial charge in [-0.25, -0.2) is 0 Å². The van der Waals surface area contributed by atoms with Gasteiger partial charge in [0.1, 0.15) is 0 Å². The van der Waals surface area contributed by atoms with E-state index in [4.69, 9.17) is 0 Å². The molecular weight excluding hydrogens is 172 g/mol. The summed E-state index contributed by atoms with van der Waals surface area (Å²) < 4.78 is 0. The lowest BCUT2D eigenvalue weighted by molar-refractivity contribution is 0.100. The van der Waals surface area contributed by atoms with Gasteiger partial charge in [-0.1, -0.05) is 31.7 Å². The van der Waals surface area contributed by atoms with Crippen molar-refractivity contribution in [3.05, 3.63) is 47.2 Å². The van der Waals surface area contributed by atoms with Crippen molar-refractivity contribution in [2.45, 2.75) is 19.8 Å². The third kappa shape index (κ3) is 1.14. The lowest BCUT2D eigenvalue weighted by Crippen LogP contribution is -1.97. The van der Waals surface area contributed by atoms with Crippen molar-refractivity contribution >= 4 is 11.4 Å². The van der Waals surface area contributed by atoms with Gasteiger partial charge >= 0.3 is 0 Å². The summed E-state index contributed by atoms with van der Waals surface area (Å²) >= 11 is 0. The van der Waals surface area contributed by atoms with Crippen LogP contribution in [0, 0.1) is 0 Å². The average Bonchev–Trinajstić information content (AvgIpc) is 2.55. The number of hydrogen-bond acceptors (Lipinski definition) is 1. The molecule has 0 unspecified atom stereocenters. The molecule has 0 saturated heterocycles. The minimum absolute atomic E-state index is 0.212. The maximum absolute atomic E-state index is 11.7. The Hall–Kier alpha value is -1.59. The van der Waals surface area contributed by atoms with Crippen LogP contribution >= 0.6 is 0 Å². The quantitative estimate of drug-likeness (QED) is 0.613. The highest BCUT2D eigenvalue weighted by Crippen LogP contribution is 2.33. The normalized spacial score (nSPS) is 14.1. The monoisotopic (exact) mass is 184 g/mol. The van der Waals surface area contributed by atoms with E-state index in [1.807, 2.05) is 18.2 Å². The summed E-state index contributed by atoms with van der Waals surface area (Å²) in [6, 6.07) is 5.99. The number of aryl methyl sites for hydroxylation is 1. The molecule has 0 spiro atoms. The first-order chi connectivity index (χ1) is 6.77. The van der Waals surface area contributed by atoms with Crippen molar-refractivity contribution in [2.24, 2.45) is 0 Å². The van der Waals surface area contributed by atoms with Crippen LogP contribution in [0.3, 0.4) is 0 Å². The SMILES string of the molecule is C=C=C1CC(=O)c2c(CC)cccc21. The van der Waals surface area contributed by atoms with Gasteiger partial charge in [0.25, 0.3) is 0 Å². The first-order valence-corrected chi connectivity index (χ1v) is 4.82. The molecule has 1 heteroatoms. The second-order valence-corrected chi connectivity index (χ2v) is 3.45. The Kier molecular flexibility index (Phi) is 2.11. The summed E-state index contributed by atoms with van der Waals surface area (Å²) in [6.07, 6.45) is 1.37. The zero-order valence-corrected chi connectivity index (χ0v) is 8.26. The number of fused-ring (bicyclic) bond motifs is 1. The van der Waals surface area contributed by atoms with Gasteiger partial charge in [0.05, 0.1) is 0 Å². The first-order valence-electron chi connectivity index (χ1n) is 4.82. The van der Waals surface area contributed by atoms with Crippen molar-refractivity contribution in [1.29, 1.82) is 0 Å². The third-order valence-corrected chi connectivity index (χ3v) is 2.69. The molecule has 0 atom stereocenters. The Balaban J connectivity index is 2.73. The number of carbonyl (C=O) groups is 1. The summed E-state index contributed by atoms with van der Waals surface area (Å²) in [5.74, 6) is 0.212. The Bertz CT molecular complexity index is 448. The molecule has 0 heterocycles. The van der Waals surface area contributed by atoms with E-state index in [2.05, 4.69) is 19.2 Å². The molecule has 1 aromatic carbocycles. The molecule has 0 aliphatic heterocycles. The van der Waals surface area contributed by atoms with E-state index >= 15 is 0 Å². The van der Waals surface area contributed by atoms with Crippen LogP contribution in [0.15, 0.2) is 30.5 Å². The molecule has 0 saturated carbocycles. The van der Waals surface area contributed by atoms with Crippen LogP contribution in [0.4, 0.5) is 0 Å². The highest BCUT2D eigenvalue weighted by molar-refractivity contribution is 6.12. The van der Waals surface area contributed by atoms with E-state index in [1.165, 1.54) is 0 Å². The molecule has 2 rings (SSSR count). The van der Waals surface area contributed by atoms with Crippen molar-refractivity contribution < 1.29 is 4.79 Å². The maximum Gasteiger partial charge on any atom is 0.168 e. The lowest BCUT2D eigenvalue weighted by Gasteiger charge is -2.03. The molecule has 0 radical (unpaired) electrons. The topological polar surface area (TPSA) is 17.1 Å². The van der Waals surface area contributed by atoms with Crippen molar-refractivity contribution in [1.82, 2.24) is 0 Å². The number of Topliss-reactive ketones (excluding diaryl/α,β-unsaturated/α-hetero) is 1. The average molecular weight is 184 g/mol. The van der Waals surface area contributed by atoms with E-state index in [0.29, 0.717) is 6.42 Å². The van der Waals surface area contributed by atoms with E-state index < -0.39 is 0 Å². The van der Waals surface area contributed by atoms with Crippen LogP contribution in [0.2, 0.25) is 0 Å². The van der Waals surface area contributed by atoms with Gasteiger partial charge in [-0.3, -0.25) is 4.79 Å². The lowest BCUT2D eigenvalue weighted by atomic mass is 10.0. The van der Waals surface area contributed by atoms with Crippen LogP contribution in [0.25, 0.3) is 5.57 Å². The van der Waals surface area contributed by atoms with Gasteiger partial charge in [0.2, 0.25) is 0 Å². The van der Waals surface area contributed by atoms with Gasteiger partial charge in [-0.05, 0) is 17.5 Å². The molecule has 70 valence electrons. The summed E-state index contributed by atoms with van der Waals surface area (Å²) in [5.41, 5.74) is 6.85. The number of carbonyl (C=O) groups excluding carboxylic acids is 1. The Labute approximate surface area is 83.8 Å². The molecule has 1 aliphatic carbocycles. The summed E-state index contributed by atoms with van der Waals surface area (Å²) in [6.45, 7) is 5.69. The first kappa shape index (κ1) is 8.98. The molecule has 1 aliphatic rings. The number of ketones is 1. The van der Waals surface area contributed by atoms with Crippen molar-refractivity contribution in [3.63, 3.8) is 0 Å².